The van der Waals surface area contributed by atoms with Gasteiger partial charge >= 0.3 is 5.97 Å². The molecule has 1 aromatic carbocycles. The molecule has 0 atom stereocenters. The van der Waals surface area contributed by atoms with Gasteiger partial charge in [-0.05, 0) is 43.5 Å². The minimum atomic E-state index is -0.371. The maximum Gasteiger partial charge on any atom is 0.344 e. The number of benzene rings is 1. The monoisotopic (exact) mass is 391 g/mol. The highest BCUT2D eigenvalue weighted by Crippen LogP contribution is 2.14. The van der Waals surface area contributed by atoms with Gasteiger partial charge in [0.15, 0.2) is 12.4 Å². The maximum absolute atomic E-state index is 12.4. The van der Waals surface area contributed by atoms with Crippen LogP contribution in [0.15, 0.2) is 42.7 Å². The second kappa shape index (κ2) is 9.33. The number of ketones is 1. The van der Waals surface area contributed by atoms with Crippen molar-refractivity contribution in [1.29, 1.82) is 0 Å². The van der Waals surface area contributed by atoms with Gasteiger partial charge in [0.2, 0.25) is 12.3 Å². The van der Waals surface area contributed by atoms with Crippen molar-refractivity contribution in [2.75, 3.05) is 6.61 Å². The summed E-state index contributed by atoms with van der Waals surface area (Å²) in [6.07, 6.45) is 3.83. The van der Waals surface area contributed by atoms with Crippen LogP contribution in [0.4, 0.5) is 0 Å². The van der Waals surface area contributed by atoms with E-state index in [0.29, 0.717) is 18.6 Å². The minimum Gasteiger partial charge on any atom is -1.00 e. The summed E-state index contributed by atoms with van der Waals surface area (Å²) in [6.45, 7) is 6.37. The predicted octanol–water partition coefficient (Wildman–Crippen LogP) is -0.417. The molecule has 1 heterocycles. The smallest absolute Gasteiger partial charge is 0.344 e. The van der Waals surface area contributed by atoms with Crippen molar-refractivity contribution >= 4 is 11.8 Å². The topological polar surface area (TPSA) is 47.2 Å². The summed E-state index contributed by atoms with van der Waals surface area (Å²) in [6, 6.07) is 9.47. The van der Waals surface area contributed by atoms with Crippen LogP contribution in [0.25, 0.3) is 0 Å². The highest BCUT2D eigenvalue weighted by atomic mass is 79.9. The molecule has 2 rings (SSSR count). The molecule has 0 aliphatic heterocycles. The quantitative estimate of drug-likeness (QED) is 0.496. The standard InChI is InChI=1S/C19H22NO3.BrH/c1-4-23-19(22)16-9-6-10-20(12-16)13-17(21)11-18-14(2)7-5-8-15(18)3;/h5-10,12H,4,11,13H2,1-3H3;1H/q+1;/p-1. The fraction of sp³-hybridized carbons (Fsp3) is 0.316. The highest BCUT2D eigenvalue weighted by molar-refractivity contribution is 5.88. The van der Waals surface area contributed by atoms with Crippen LogP contribution in [0.2, 0.25) is 0 Å². The minimum absolute atomic E-state index is 0. The van der Waals surface area contributed by atoms with Crippen molar-refractivity contribution in [2.45, 2.75) is 33.7 Å². The molecule has 4 nitrogen and oxygen atoms in total. The van der Waals surface area contributed by atoms with E-state index in [-0.39, 0.29) is 35.3 Å². The molecule has 24 heavy (non-hydrogen) atoms. The number of carbonyl (C=O) groups is 2. The van der Waals surface area contributed by atoms with E-state index < -0.39 is 0 Å². The average Bonchev–Trinajstić information content (AvgIpc) is 2.51. The van der Waals surface area contributed by atoms with Gasteiger partial charge in [-0.1, -0.05) is 18.2 Å². The summed E-state index contributed by atoms with van der Waals surface area (Å²) in [7, 11) is 0. The van der Waals surface area contributed by atoms with Crippen molar-refractivity contribution in [2.24, 2.45) is 0 Å². The van der Waals surface area contributed by atoms with E-state index >= 15 is 0 Å². The third-order valence-electron chi connectivity index (χ3n) is 3.75. The van der Waals surface area contributed by atoms with Crippen LogP contribution in [-0.2, 0) is 22.5 Å². The number of carbonyl (C=O) groups excluding carboxylic acids is 2. The summed E-state index contributed by atoms with van der Waals surface area (Å²) in [5.41, 5.74) is 3.79. The zero-order valence-corrected chi connectivity index (χ0v) is 15.8. The molecule has 0 amide bonds. The summed E-state index contributed by atoms with van der Waals surface area (Å²) in [5.74, 6) is -0.266. The Labute approximate surface area is 153 Å². The number of Topliss-reactive ketones (excluding diaryl/α,β-unsaturated/α-hetero) is 1. The molecule has 0 aliphatic rings. The molecule has 2 aromatic rings. The molecule has 0 N–H and O–H groups in total. The van der Waals surface area contributed by atoms with Crippen LogP contribution in [0.1, 0.15) is 34.0 Å². The highest BCUT2D eigenvalue weighted by Gasteiger charge is 2.16. The number of rotatable bonds is 6. The molecule has 5 heteroatoms. The maximum atomic E-state index is 12.4. The molecule has 0 spiro atoms. The first-order valence-electron chi connectivity index (χ1n) is 7.74. The molecule has 0 saturated carbocycles. The molecular formula is C19H22BrNO3. The lowest BCUT2D eigenvalue weighted by molar-refractivity contribution is -0.684. The number of aromatic nitrogens is 1. The first-order valence-corrected chi connectivity index (χ1v) is 7.74. The Bertz CT molecular complexity index is 708. The lowest BCUT2D eigenvalue weighted by atomic mass is 9.98. The largest absolute Gasteiger partial charge is 1.00 e. The third-order valence-corrected chi connectivity index (χ3v) is 3.75. The Morgan fingerprint density at radius 1 is 1.08 bits per heavy atom. The van der Waals surface area contributed by atoms with Gasteiger partial charge in [0.25, 0.3) is 0 Å². The van der Waals surface area contributed by atoms with Crippen LogP contribution < -0.4 is 21.5 Å². The van der Waals surface area contributed by atoms with Crippen molar-refractivity contribution < 1.29 is 35.9 Å². The van der Waals surface area contributed by atoms with E-state index in [1.165, 1.54) is 0 Å². The van der Waals surface area contributed by atoms with Crippen LogP contribution in [0.5, 0.6) is 0 Å². The molecule has 128 valence electrons. The molecular weight excluding hydrogens is 370 g/mol. The number of esters is 1. The number of pyridine rings is 1. The Kier molecular flexibility index (Phi) is 7.79. The summed E-state index contributed by atoms with van der Waals surface area (Å²) in [5, 5.41) is 0. The van der Waals surface area contributed by atoms with Gasteiger partial charge in [0.05, 0.1) is 6.61 Å². The molecule has 0 unspecified atom stereocenters. The van der Waals surface area contributed by atoms with Crippen molar-refractivity contribution in [3.8, 4) is 0 Å². The van der Waals surface area contributed by atoms with Gasteiger partial charge in [0.1, 0.15) is 5.56 Å². The second-order valence-electron chi connectivity index (χ2n) is 5.57. The number of hydrogen-bond donors (Lipinski definition) is 0. The molecule has 0 saturated heterocycles. The van der Waals surface area contributed by atoms with Gasteiger partial charge in [-0.3, -0.25) is 4.79 Å². The Morgan fingerprint density at radius 2 is 1.75 bits per heavy atom. The third kappa shape index (κ3) is 5.27. The van der Waals surface area contributed by atoms with Crippen LogP contribution in [0, 0.1) is 13.8 Å². The Morgan fingerprint density at radius 3 is 2.38 bits per heavy atom. The van der Waals surface area contributed by atoms with Gasteiger partial charge in [0, 0.05) is 12.5 Å². The number of nitrogens with zero attached hydrogens (tertiary/aromatic N) is 1. The lowest BCUT2D eigenvalue weighted by Gasteiger charge is -2.07. The van der Waals surface area contributed by atoms with Crippen molar-refractivity contribution in [3.63, 3.8) is 0 Å². The van der Waals surface area contributed by atoms with Crippen molar-refractivity contribution in [3.05, 3.63) is 65.0 Å². The fourth-order valence-electron chi connectivity index (χ4n) is 2.54. The van der Waals surface area contributed by atoms with Crippen LogP contribution in [-0.4, -0.2) is 18.4 Å². The molecule has 0 bridgehead atoms. The Hall–Kier alpha value is -2.01. The van der Waals surface area contributed by atoms with E-state index in [2.05, 4.69) is 0 Å². The number of aryl methyl sites for hydroxylation is 2. The van der Waals surface area contributed by atoms with Crippen LogP contribution in [0.3, 0.4) is 0 Å². The predicted molar refractivity (Wildman–Crippen MR) is 87.2 cm³/mol. The van der Waals surface area contributed by atoms with E-state index in [9.17, 15) is 9.59 Å². The summed E-state index contributed by atoms with van der Waals surface area (Å²) >= 11 is 0. The molecule has 1 aromatic heterocycles. The molecule has 0 aliphatic carbocycles. The van der Waals surface area contributed by atoms with Crippen LogP contribution >= 0.6 is 0 Å². The number of halogens is 1. The van der Waals surface area contributed by atoms with E-state index in [1.54, 1.807) is 36.0 Å². The Balaban J connectivity index is 0.00000288. The van der Waals surface area contributed by atoms with Gasteiger partial charge in [-0.25, -0.2) is 4.79 Å². The lowest BCUT2D eigenvalue weighted by Crippen LogP contribution is -3.00. The summed E-state index contributed by atoms with van der Waals surface area (Å²) in [4.78, 5) is 24.1. The second-order valence-corrected chi connectivity index (χ2v) is 5.57. The van der Waals surface area contributed by atoms with E-state index in [1.807, 2.05) is 32.0 Å². The van der Waals surface area contributed by atoms with Gasteiger partial charge in [-0.15, -0.1) is 0 Å². The first kappa shape index (κ1) is 20.0. The summed E-state index contributed by atoms with van der Waals surface area (Å²) < 4.78 is 6.70. The zero-order chi connectivity index (χ0) is 16.8. The zero-order valence-electron chi connectivity index (χ0n) is 14.2. The average molecular weight is 392 g/mol. The van der Waals surface area contributed by atoms with Gasteiger partial charge < -0.3 is 21.7 Å². The van der Waals surface area contributed by atoms with Crippen molar-refractivity contribution in [1.82, 2.24) is 0 Å². The first-order chi connectivity index (χ1) is 11.0. The fourth-order valence-corrected chi connectivity index (χ4v) is 2.54. The molecule has 0 fully saturated rings. The number of ether oxygens (including phenoxy) is 1. The van der Waals surface area contributed by atoms with Gasteiger partial charge in [-0.2, -0.15) is 4.57 Å². The normalized spacial score (nSPS) is 9.96. The van der Waals surface area contributed by atoms with E-state index in [4.69, 9.17) is 4.74 Å². The molecule has 0 radical (unpaired) electrons. The number of hydrogen-bond acceptors (Lipinski definition) is 3. The van der Waals surface area contributed by atoms with E-state index in [0.717, 1.165) is 16.7 Å². The SMILES string of the molecule is CCOC(=O)c1ccc[n+](CC(=O)Cc2c(C)cccc2C)c1.[Br-].